The average molecular weight is 287 g/mol. The summed E-state index contributed by atoms with van der Waals surface area (Å²) in [5, 5.41) is 9.26. The molecule has 0 saturated carbocycles. The molecule has 5 N–H and O–H groups in total. The normalized spacial score (nSPS) is 12.4. The molecule has 1 unspecified atom stereocenters. The Morgan fingerprint density at radius 2 is 2.00 bits per heavy atom. The second kappa shape index (κ2) is 5.71. The van der Waals surface area contributed by atoms with Crippen LogP contribution in [0.5, 0.6) is 0 Å². The van der Waals surface area contributed by atoms with Gasteiger partial charge in [0.2, 0.25) is 0 Å². The molecule has 0 aliphatic carbocycles. The third-order valence-corrected chi connectivity index (χ3v) is 3.90. The molecule has 0 fully saturated rings. The van der Waals surface area contributed by atoms with Gasteiger partial charge in [-0.2, -0.15) is 0 Å². The van der Waals surface area contributed by atoms with E-state index in [4.69, 9.17) is 11.5 Å². The Balaban J connectivity index is 2.66. The molecule has 21 heavy (non-hydrogen) atoms. The molecule has 0 spiro atoms. The summed E-state index contributed by atoms with van der Waals surface area (Å²) in [5.41, 5.74) is 16.6. The van der Waals surface area contributed by atoms with Gasteiger partial charge in [0, 0.05) is 29.7 Å². The fourth-order valence-corrected chi connectivity index (χ4v) is 2.76. The number of nitrogens with zero attached hydrogens (tertiary/aromatic N) is 1. The minimum atomic E-state index is -0.921. The predicted molar refractivity (Wildman–Crippen MR) is 82.9 cm³/mol. The molecule has 1 aromatic carbocycles. The fourth-order valence-electron chi connectivity index (χ4n) is 2.76. The Labute approximate surface area is 124 Å². The van der Waals surface area contributed by atoms with Gasteiger partial charge < -0.3 is 21.1 Å². The number of hydrogen-bond donors (Lipinski definition) is 3. The molecular weight excluding hydrogens is 266 g/mol. The van der Waals surface area contributed by atoms with Crippen molar-refractivity contribution < 1.29 is 9.90 Å². The van der Waals surface area contributed by atoms with Gasteiger partial charge in [-0.3, -0.25) is 0 Å². The topological polar surface area (TPSA) is 94.3 Å². The van der Waals surface area contributed by atoms with Crippen molar-refractivity contribution >= 4 is 5.97 Å². The third-order valence-electron chi connectivity index (χ3n) is 3.90. The maximum Gasteiger partial charge on any atom is 0.336 e. The molecule has 5 nitrogen and oxygen atoms in total. The Bertz CT molecular complexity index is 689. The van der Waals surface area contributed by atoms with E-state index in [2.05, 4.69) is 0 Å². The highest BCUT2D eigenvalue weighted by Crippen LogP contribution is 2.27. The highest BCUT2D eigenvalue weighted by Gasteiger charge is 2.18. The van der Waals surface area contributed by atoms with E-state index in [1.807, 2.05) is 37.5 Å². The number of aromatic nitrogens is 1. The van der Waals surface area contributed by atoms with Gasteiger partial charge in [0.15, 0.2) is 0 Å². The quantitative estimate of drug-likeness (QED) is 0.802. The van der Waals surface area contributed by atoms with Crippen molar-refractivity contribution in [3.8, 4) is 5.69 Å². The van der Waals surface area contributed by atoms with Crippen molar-refractivity contribution in [2.75, 3.05) is 6.54 Å². The van der Waals surface area contributed by atoms with Gasteiger partial charge in [0.1, 0.15) is 0 Å². The van der Waals surface area contributed by atoms with E-state index in [-0.39, 0.29) is 6.04 Å². The van der Waals surface area contributed by atoms with Crippen LogP contribution in [0.15, 0.2) is 24.3 Å². The van der Waals surface area contributed by atoms with E-state index < -0.39 is 5.97 Å². The molecule has 0 aliphatic heterocycles. The summed E-state index contributed by atoms with van der Waals surface area (Å²) in [6.45, 7) is 6.15. The van der Waals surface area contributed by atoms with Gasteiger partial charge in [-0.15, -0.1) is 0 Å². The molecule has 0 aliphatic rings. The SMILES string of the molecule is Cc1c(C(=O)O)cccc1-n1c(C)cc(C(N)CN)c1C. The smallest absolute Gasteiger partial charge is 0.336 e. The number of rotatable bonds is 4. The van der Waals surface area contributed by atoms with Crippen molar-refractivity contribution in [3.63, 3.8) is 0 Å². The van der Waals surface area contributed by atoms with Crippen LogP contribution in [0.25, 0.3) is 5.69 Å². The molecule has 5 heteroatoms. The number of carboxylic acids is 1. The number of carbonyl (C=O) groups is 1. The fraction of sp³-hybridized carbons (Fsp3) is 0.312. The molecular formula is C16H21N3O2. The number of benzene rings is 1. The van der Waals surface area contributed by atoms with Crippen LogP contribution in [0.2, 0.25) is 0 Å². The van der Waals surface area contributed by atoms with Crippen molar-refractivity contribution in [1.82, 2.24) is 4.57 Å². The van der Waals surface area contributed by atoms with Gasteiger partial charge in [0.25, 0.3) is 0 Å². The summed E-state index contributed by atoms with van der Waals surface area (Å²) in [5.74, 6) is -0.921. The minimum Gasteiger partial charge on any atom is -0.478 e. The number of aryl methyl sites for hydroxylation is 1. The summed E-state index contributed by atoms with van der Waals surface area (Å²) < 4.78 is 2.03. The monoisotopic (exact) mass is 287 g/mol. The highest BCUT2D eigenvalue weighted by atomic mass is 16.4. The van der Waals surface area contributed by atoms with Gasteiger partial charge in [0.05, 0.1) is 5.56 Å². The van der Waals surface area contributed by atoms with E-state index in [0.717, 1.165) is 28.2 Å². The number of hydrogen-bond acceptors (Lipinski definition) is 3. The van der Waals surface area contributed by atoms with Crippen molar-refractivity contribution in [2.24, 2.45) is 11.5 Å². The van der Waals surface area contributed by atoms with Crippen LogP contribution >= 0.6 is 0 Å². The van der Waals surface area contributed by atoms with Crippen LogP contribution < -0.4 is 11.5 Å². The van der Waals surface area contributed by atoms with E-state index in [1.165, 1.54) is 0 Å². The zero-order chi connectivity index (χ0) is 15.7. The second-order valence-electron chi connectivity index (χ2n) is 5.26. The van der Waals surface area contributed by atoms with E-state index in [9.17, 15) is 9.90 Å². The van der Waals surface area contributed by atoms with Gasteiger partial charge in [-0.05, 0) is 50.1 Å². The van der Waals surface area contributed by atoms with E-state index in [0.29, 0.717) is 12.1 Å². The molecule has 2 rings (SSSR count). The lowest BCUT2D eigenvalue weighted by Gasteiger charge is -2.15. The molecule has 0 radical (unpaired) electrons. The van der Waals surface area contributed by atoms with Crippen LogP contribution in [0.3, 0.4) is 0 Å². The Morgan fingerprint density at radius 3 is 2.57 bits per heavy atom. The average Bonchev–Trinajstić information content (AvgIpc) is 2.73. The first-order valence-corrected chi connectivity index (χ1v) is 6.86. The Morgan fingerprint density at radius 1 is 1.33 bits per heavy atom. The summed E-state index contributed by atoms with van der Waals surface area (Å²) in [6.07, 6.45) is 0. The molecule has 0 saturated heterocycles. The maximum absolute atomic E-state index is 11.3. The Kier molecular flexibility index (Phi) is 4.16. The number of nitrogens with two attached hydrogens (primary N) is 2. The second-order valence-corrected chi connectivity index (χ2v) is 5.26. The van der Waals surface area contributed by atoms with Crippen molar-refractivity contribution in [2.45, 2.75) is 26.8 Å². The minimum absolute atomic E-state index is 0.215. The highest BCUT2D eigenvalue weighted by molar-refractivity contribution is 5.90. The van der Waals surface area contributed by atoms with Crippen molar-refractivity contribution in [1.29, 1.82) is 0 Å². The van der Waals surface area contributed by atoms with E-state index >= 15 is 0 Å². The zero-order valence-corrected chi connectivity index (χ0v) is 12.6. The van der Waals surface area contributed by atoms with Crippen LogP contribution in [0.4, 0.5) is 0 Å². The molecule has 2 aromatic rings. The van der Waals surface area contributed by atoms with Gasteiger partial charge in [-0.25, -0.2) is 4.79 Å². The first-order chi connectivity index (χ1) is 9.88. The summed E-state index contributed by atoms with van der Waals surface area (Å²) in [4.78, 5) is 11.3. The lowest BCUT2D eigenvalue weighted by Crippen LogP contribution is -2.21. The number of aromatic carboxylic acids is 1. The first kappa shape index (κ1) is 15.3. The van der Waals surface area contributed by atoms with Crippen LogP contribution in [-0.2, 0) is 0 Å². The van der Waals surface area contributed by atoms with Crippen LogP contribution in [0.1, 0.15) is 38.9 Å². The molecule has 1 heterocycles. The summed E-state index contributed by atoms with van der Waals surface area (Å²) >= 11 is 0. The molecule has 1 atom stereocenters. The zero-order valence-electron chi connectivity index (χ0n) is 12.6. The van der Waals surface area contributed by atoms with Crippen molar-refractivity contribution in [3.05, 3.63) is 52.3 Å². The molecule has 112 valence electrons. The van der Waals surface area contributed by atoms with E-state index in [1.54, 1.807) is 12.1 Å². The van der Waals surface area contributed by atoms with Gasteiger partial charge in [-0.1, -0.05) is 6.07 Å². The first-order valence-electron chi connectivity index (χ1n) is 6.86. The third kappa shape index (κ3) is 2.57. The Hall–Kier alpha value is -2.11. The standard InChI is InChI=1S/C16H21N3O2/c1-9-7-13(14(18)8-17)11(3)19(9)15-6-4-5-12(10(15)2)16(20)21/h4-7,14H,8,17-18H2,1-3H3,(H,20,21). The summed E-state index contributed by atoms with van der Waals surface area (Å²) in [7, 11) is 0. The largest absolute Gasteiger partial charge is 0.478 e. The molecule has 0 amide bonds. The van der Waals surface area contributed by atoms with Gasteiger partial charge >= 0.3 is 5.97 Å². The lowest BCUT2D eigenvalue weighted by atomic mass is 10.1. The lowest BCUT2D eigenvalue weighted by molar-refractivity contribution is 0.0696. The maximum atomic E-state index is 11.3. The summed E-state index contributed by atoms with van der Waals surface area (Å²) in [6, 6.07) is 7.09. The predicted octanol–water partition coefficient (Wildman–Crippen LogP) is 2.06. The van der Waals surface area contributed by atoms with Crippen LogP contribution in [0, 0.1) is 20.8 Å². The number of carboxylic acid groups (broad SMARTS) is 1. The van der Waals surface area contributed by atoms with Crippen LogP contribution in [-0.4, -0.2) is 22.2 Å². The molecule has 0 bridgehead atoms. The molecule has 1 aromatic heterocycles.